The summed E-state index contributed by atoms with van der Waals surface area (Å²) in [5.74, 6) is 0.895. The summed E-state index contributed by atoms with van der Waals surface area (Å²) >= 11 is 1.39. The van der Waals surface area contributed by atoms with E-state index < -0.39 is 0 Å². The topological polar surface area (TPSA) is 51.0 Å². The van der Waals surface area contributed by atoms with Crippen LogP contribution < -0.4 is 0 Å². The van der Waals surface area contributed by atoms with Crippen molar-refractivity contribution in [2.75, 3.05) is 12.3 Å². The minimum absolute atomic E-state index is 0.151. The van der Waals surface area contributed by atoms with Gasteiger partial charge in [-0.15, -0.1) is 10.2 Å². The number of carbonyl (C=O) groups excluding carboxylic acids is 1. The van der Waals surface area contributed by atoms with Crippen LogP contribution >= 0.6 is 11.8 Å². The third-order valence-corrected chi connectivity index (χ3v) is 5.39. The van der Waals surface area contributed by atoms with E-state index in [-0.39, 0.29) is 11.7 Å². The van der Waals surface area contributed by atoms with Crippen LogP contribution in [0.1, 0.15) is 26.2 Å². The van der Waals surface area contributed by atoms with Crippen LogP contribution in [0.4, 0.5) is 4.39 Å². The zero-order chi connectivity index (χ0) is 17.1. The number of benzene rings is 1. The lowest BCUT2D eigenvalue weighted by molar-refractivity contribution is -0.131. The first kappa shape index (κ1) is 17.0. The van der Waals surface area contributed by atoms with E-state index in [0.717, 1.165) is 24.9 Å². The first-order valence-electron chi connectivity index (χ1n) is 8.14. The van der Waals surface area contributed by atoms with Gasteiger partial charge in [-0.05, 0) is 50.5 Å². The Morgan fingerprint density at radius 3 is 2.75 bits per heavy atom. The van der Waals surface area contributed by atoms with Crippen LogP contribution in [0.2, 0.25) is 0 Å². The summed E-state index contributed by atoms with van der Waals surface area (Å²) in [5, 5.41) is 9.02. The molecule has 0 aliphatic carbocycles. The molecule has 1 aromatic carbocycles. The molecule has 0 radical (unpaired) electrons. The maximum atomic E-state index is 13.0. The van der Waals surface area contributed by atoms with E-state index in [2.05, 4.69) is 17.1 Å². The zero-order valence-electron chi connectivity index (χ0n) is 13.9. The van der Waals surface area contributed by atoms with Gasteiger partial charge in [0.1, 0.15) is 5.82 Å². The van der Waals surface area contributed by atoms with Crippen molar-refractivity contribution >= 4 is 17.7 Å². The van der Waals surface area contributed by atoms with E-state index in [0.29, 0.717) is 22.8 Å². The molecule has 1 aromatic heterocycles. The predicted molar refractivity (Wildman–Crippen MR) is 92.1 cm³/mol. The minimum atomic E-state index is -0.281. The van der Waals surface area contributed by atoms with E-state index in [9.17, 15) is 9.18 Å². The lowest BCUT2D eigenvalue weighted by Gasteiger charge is -2.33. The standard InChI is InChI=1S/C17H21FN4OS/c1-12-5-3-4-10-22(12)15(23)11-24-17-20-19-16(21(17)2)13-6-8-14(18)9-7-13/h6-9,12H,3-5,10-11H2,1-2H3/t12-/m0/s1. The number of carbonyl (C=O) groups is 1. The van der Waals surface area contributed by atoms with Gasteiger partial charge in [-0.3, -0.25) is 4.79 Å². The van der Waals surface area contributed by atoms with Crippen LogP contribution in [0.3, 0.4) is 0 Å². The Kier molecular flexibility index (Phi) is 5.18. The Bertz CT molecular complexity index is 716. The van der Waals surface area contributed by atoms with Crippen molar-refractivity contribution < 1.29 is 9.18 Å². The van der Waals surface area contributed by atoms with Gasteiger partial charge in [0, 0.05) is 25.2 Å². The van der Waals surface area contributed by atoms with E-state index in [1.54, 1.807) is 12.1 Å². The van der Waals surface area contributed by atoms with Gasteiger partial charge < -0.3 is 9.47 Å². The molecule has 0 unspecified atom stereocenters. The summed E-state index contributed by atoms with van der Waals surface area (Å²) in [6.07, 6.45) is 3.36. The maximum absolute atomic E-state index is 13.0. The highest BCUT2D eigenvalue weighted by molar-refractivity contribution is 7.99. The Morgan fingerprint density at radius 1 is 1.29 bits per heavy atom. The lowest BCUT2D eigenvalue weighted by Crippen LogP contribution is -2.42. The SMILES string of the molecule is C[C@H]1CCCCN1C(=O)CSc1nnc(-c2ccc(F)cc2)n1C. The monoisotopic (exact) mass is 348 g/mol. The van der Waals surface area contributed by atoms with Gasteiger partial charge >= 0.3 is 0 Å². The molecule has 1 amide bonds. The van der Waals surface area contributed by atoms with E-state index >= 15 is 0 Å². The second kappa shape index (κ2) is 7.34. The largest absolute Gasteiger partial charge is 0.339 e. The molecule has 3 rings (SSSR count). The second-order valence-electron chi connectivity index (χ2n) is 6.09. The highest BCUT2D eigenvalue weighted by Crippen LogP contribution is 2.24. The highest BCUT2D eigenvalue weighted by atomic mass is 32.2. The third kappa shape index (κ3) is 3.61. The number of hydrogen-bond acceptors (Lipinski definition) is 4. The molecule has 2 aromatic rings. The number of amides is 1. The fourth-order valence-corrected chi connectivity index (χ4v) is 3.77. The Balaban J connectivity index is 1.66. The number of aromatic nitrogens is 3. The molecule has 1 saturated heterocycles. The fourth-order valence-electron chi connectivity index (χ4n) is 2.97. The molecule has 1 aliphatic rings. The molecule has 0 bridgehead atoms. The summed E-state index contributed by atoms with van der Waals surface area (Å²) in [5.41, 5.74) is 0.800. The van der Waals surface area contributed by atoms with Gasteiger partial charge in [0.25, 0.3) is 0 Å². The summed E-state index contributed by atoms with van der Waals surface area (Å²) < 4.78 is 14.9. The summed E-state index contributed by atoms with van der Waals surface area (Å²) in [6.45, 7) is 2.96. The molecule has 7 heteroatoms. The van der Waals surface area contributed by atoms with Gasteiger partial charge in [-0.25, -0.2) is 4.39 Å². The average molecular weight is 348 g/mol. The summed E-state index contributed by atoms with van der Waals surface area (Å²) in [6, 6.07) is 6.47. The van der Waals surface area contributed by atoms with Gasteiger partial charge in [0.2, 0.25) is 5.91 Å². The van der Waals surface area contributed by atoms with Crippen molar-refractivity contribution in [1.82, 2.24) is 19.7 Å². The molecule has 2 heterocycles. The number of hydrogen-bond donors (Lipinski definition) is 0. The van der Waals surface area contributed by atoms with Gasteiger partial charge in [0.05, 0.1) is 5.75 Å². The molecular weight excluding hydrogens is 327 g/mol. The molecule has 128 valence electrons. The maximum Gasteiger partial charge on any atom is 0.233 e. The second-order valence-corrected chi connectivity index (χ2v) is 7.04. The lowest BCUT2D eigenvalue weighted by atomic mass is 10.0. The fraction of sp³-hybridized carbons (Fsp3) is 0.471. The summed E-state index contributed by atoms with van der Waals surface area (Å²) in [7, 11) is 1.86. The van der Waals surface area contributed by atoms with E-state index in [4.69, 9.17) is 0 Å². The van der Waals surface area contributed by atoms with Crippen LogP contribution in [0, 0.1) is 5.82 Å². The number of piperidine rings is 1. The first-order chi connectivity index (χ1) is 11.6. The molecule has 1 aliphatic heterocycles. The van der Waals surface area contributed by atoms with Gasteiger partial charge in [0.15, 0.2) is 11.0 Å². The van der Waals surface area contributed by atoms with Crippen molar-refractivity contribution in [3.05, 3.63) is 30.1 Å². The van der Waals surface area contributed by atoms with Crippen molar-refractivity contribution in [1.29, 1.82) is 0 Å². The van der Waals surface area contributed by atoms with Crippen molar-refractivity contribution in [2.45, 2.75) is 37.4 Å². The molecule has 1 fully saturated rings. The molecular formula is C17H21FN4OS. The van der Waals surface area contributed by atoms with Crippen molar-refractivity contribution in [3.8, 4) is 11.4 Å². The van der Waals surface area contributed by atoms with Gasteiger partial charge in [-0.2, -0.15) is 0 Å². The van der Waals surface area contributed by atoms with Crippen LogP contribution in [-0.4, -0.2) is 43.9 Å². The number of halogens is 1. The molecule has 0 N–H and O–H groups in total. The molecule has 0 spiro atoms. The quantitative estimate of drug-likeness (QED) is 0.797. The minimum Gasteiger partial charge on any atom is -0.339 e. The first-order valence-corrected chi connectivity index (χ1v) is 9.12. The average Bonchev–Trinajstić information content (AvgIpc) is 2.95. The van der Waals surface area contributed by atoms with Crippen molar-refractivity contribution in [2.24, 2.45) is 7.05 Å². The Morgan fingerprint density at radius 2 is 2.04 bits per heavy atom. The number of nitrogens with zero attached hydrogens (tertiary/aromatic N) is 4. The summed E-state index contributed by atoms with van der Waals surface area (Å²) in [4.78, 5) is 14.4. The van der Waals surface area contributed by atoms with Gasteiger partial charge in [-0.1, -0.05) is 11.8 Å². The predicted octanol–water partition coefficient (Wildman–Crippen LogP) is 3.11. The van der Waals surface area contributed by atoms with E-state index in [1.807, 2.05) is 16.5 Å². The smallest absolute Gasteiger partial charge is 0.233 e. The van der Waals surface area contributed by atoms with Crippen LogP contribution in [0.15, 0.2) is 29.4 Å². The normalized spacial score (nSPS) is 18.0. The zero-order valence-corrected chi connectivity index (χ0v) is 14.7. The van der Waals surface area contributed by atoms with Crippen LogP contribution in [-0.2, 0) is 11.8 Å². The molecule has 0 saturated carbocycles. The number of rotatable bonds is 4. The molecule has 5 nitrogen and oxygen atoms in total. The third-order valence-electron chi connectivity index (χ3n) is 4.39. The Hall–Kier alpha value is -1.89. The molecule has 1 atom stereocenters. The molecule has 24 heavy (non-hydrogen) atoms. The van der Waals surface area contributed by atoms with Crippen LogP contribution in [0.25, 0.3) is 11.4 Å². The Labute approximate surface area is 145 Å². The highest BCUT2D eigenvalue weighted by Gasteiger charge is 2.23. The number of likely N-dealkylation sites (tertiary alicyclic amines) is 1. The van der Waals surface area contributed by atoms with Crippen molar-refractivity contribution in [3.63, 3.8) is 0 Å². The van der Waals surface area contributed by atoms with E-state index in [1.165, 1.54) is 30.3 Å². The van der Waals surface area contributed by atoms with Crippen LogP contribution in [0.5, 0.6) is 0 Å². The number of thioether (sulfide) groups is 1.